The summed E-state index contributed by atoms with van der Waals surface area (Å²) in [5.41, 5.74) is 2.74. The number of aryl methyl sites for hydroxylation is 1. The van der Waals surface area contributed by atoms with Gasteiger partial charge in [-0.3, -0.25) is 14.5 Å². The van der Waals surface area contributed by atoms with Gasteiger partial charge in [0.25, 0.3) is 11.8 Å². The van der Waals surface area contributed by atoms with Gasteiger partial charge in [-0.05, 0) is 48.7 Å². The fraction of sp³-hybridized carbons (Fsp3) is 0.217. The van der Waals surface area contributed by atoms with E-state index in [0.717, 1.165) is 17.7 Å². The molecule has 1 aliphatic rings. The molecule has 3 rings (SSSR count). The van der Waals surface area contributed by atoms with Crippen LogP contribution in [0, 0.1) is 6.92 Å². The average Bonchev–Trinajstić information content (AvgIpc) is 2.94. The first-order chi connectivity index (χ1) is 14.0. The van der Waals surface area contributed by atoms with E-state index >= 15 is 0 Å². The molecule has 150 valence electrons. The zero-order chi connectivity index (χ0) is 21.0. The van der Waals surface area contributed by atoms with Crippen LogP contribution in [0.15, 0.2) is 60.8 Å². The smallest absolute Gasteiger partial charge is 0.278 e. The Bertz CT molecular complexity index is 980. The predicted octanol–water partition coefficient (Wildman–Crippen LogP) is 4.82. The Morgan fingerprint density at radius 1 is 1.14 bits per heavy atom. The molecule has 0 unspecified atom stereocenters. The van der Waals surface area contributed by atoms with Crippen molar-refractivity contribution in [3.8, 4) is 5.75 Å². The molecule has 0 bridgehead atoms. The number of nitrogens with zero attached hydrogens (tertiary/aromatic N) is 1. The van der Waals surface area contributed by atoms with E-state index in [4.69, 9.17) is 16.3 Å². The lowest BCUT2D eigenvalue weighted by Crippen LogP contribution is -2.32. The second-order valence-corrected chi connectivity index (χ2v) is 7.13. The van der Waals surface area contributed by atoms with Crippen LogP contribution in [0.1, 0.15) is 24.5 Å². The maximum atomic E-state index is 13.0. The van der Waals surface area contributed by atoms with Gasteiger partial charge in [-0.25, -0.2) is 0 Å². The predicted molar refractivity (Wildman–Crippen MR) is 116 cm³/mol. The van der Waals surface area contributed by atoms with E-state index in [0.29, 0.717) is 28.5 Å². The van der Waals surface area contributed by atoms with Crippen LogP contribution in [0.3, 0.4) is 0 Å². The maximum absolute atomic E-state index is 13.0. The van der Waals surface area contributed by atoms with Crippen LogP contribution in [-0.2, 0) is 9.59 Å². The summed E-state index contributed by atoms with van der Waals surface area (Å²) in [5, 5.41) is 3.67. The molecule has 2 aromatic carbocycles. The van der Waals surface area contributed by atoms with Gasteiger partial charge in [0, 0.05) is 17.3 Å². The number of ether oxygens (including phenoxy) is 1. The van der Waals surface area contributed by atoms with E-state index in [2.05, 4.69) is 11.9 Å². The number of hydrogen-bond acceptors (Lipinski definition) is 4. The molecule has 0 spiro atoms. The SMILES string of the molecule is C=CCN1C(=O)C(Nc2ccc(C)c(Cl)c2)=C(c2ccc(OCCC)cc2)C1=O. The van der Waals surface area contributed by atoms with Gasteiger partial charge >= 0.3 is 0 Å². The number of nitrogens with one attached hydrogen (secondary N) is 1. The highest BCUT2D eigenvalue weighted by Crippen LogP contribution is 2.32. The number of amides is 2. The van der Waals surface area contributed by atoms with E-state index < -0.39 is 5.91 Å². The highest BCUT2D eigenvalue weighted by Gasteiger charge is 2.38. The second kappa shape index (κ2) is 8.97. The number of carbonyl (C=O) groups excluding carboxylic acids is 2. The van der Waals surface area contributed by atoms with Gasteiger partial charge in [-0.15, -0.1) is 6.58 Å². The van der Waals surface area contributed by atoms with Crippen molar-refractivity contribution >= 4 is 34.7 Å². The van der Waals surface area contributed by atoms with Crippen molar-refractivity contribution < 1.29 is 14.3 Å². The highest BCUT2D eigenvalue weighted by molar-refractivity contribution is 6.36. The molecule has 1 heterocycles. The molecule has 0 aromatic heterocycles. The number of carbonyl (C=O) groups is 2. The van der Waals surface area contributed by atoms with Crippen molar-refractivity contribution in [1.29, 1.82) is 0 Å². The first-order valence-corrected chi connectivity index (χ1v) is 9.81. The number of rotatable bonds is 8. The molecule has 2 amide bonds. The summed E-state index contributed by atoms with van der Waals surface area (Å²) < 4.78 is 5.61. The minimum Gasteiger partial charge on any atom is -0.494 e. The van der Waals surface area contributed by atoms with E-state index in [-0.39, 0.29) is 18.1 Å². The number of anilines is 1. The van der Waals surface area contributed by atoms with Gasteiger partial charge in [0.15, 0.2) is 0 Å². The normalized spacial score (nSPS) is 13.8. The van der Waals surface area contributed by atoms with Crippen LogP contribution < -0.4 is 10.1 Å². The Balaban J connectivity index is 2.00. The van der Waals surface area contributed by atoms with Crippen LogP contribution in [0.4, 0.5) is 5.69 Å². The second-order valence-electron chi connectivity index (χ2n) is 6.72. The van der Waals surface area contributed by atoms with Gasteiger partial charge in [-0.1, -0.05) is 42.8 Å². The van der Waals surface area contributed by atoms with Crippen LogP contribution in [0.5, 0.6) is 5.75 Å². The van der Waals surface area contributed by atoms with Crippen molar-refractivity contribution in [1.82, 2.24) is 4.90 Å². The molecule has 0 atom stereocenters. The average molecular weight is 411 g/mol. The van der Waals surface area contributed by atoms with Gasteiger partial charge in [0.1, 0.15) is 11.4 Å². The van der Waals surface area contributed by atoms with Crippen molar-refractivity contribution in [2.75, 3.05) is 18.5 Å². The summed E-state index contributed by atoms with van der Waals surface area (Å²) in [4.78, 5) is 27.1. The largest absolute Gasteiger partial charge is 0.494 e. The molecule has 0 aliphatic carbocycles. The number of hydrogen-bond donors (Lipinski definition) is 1. The lowest BCUT2D eigenvalue weighted by atomic mass is 10.0. The number of benzene rings is 2. The van der Waals surface area contributed by atoms with Gasteiger partial charge in [-0.2, -0.15) is 0 Å². The fourth-order valence-corrected chi connectivity index (χ4v) is 3.19. The Morgan fingerprint density at radius 3 is 2.48 bits per heavy atom. The molecule has 5 nitrogen and oxygen atoms in total. The summed E-state index contributed by atoms with van der Waals surface area (Å²) in [6, 6.07) is 12.6. The fourth-order valence-electron chi connectivity index (χ4n) is 3.01. The van der Waals surface area contributed by atoms with Crippen molar-refractivity contribution in [2.45, 2.75) is 20.3 Å². The molecule has 0 fully saturated rings. The molecule has 0 saturated carbocycles. The lowest BCUT2D eigenvalue weighted by molar-refractivity contribution is -0.136. The Kier molecular flexibility index (Phi) is 6.39. The summed E-state index contributed by atoms with van der Waals surface area (Å²) in [6.45, 7) is 8.33. The molecule has 1 N–H and O–H groups in total. The first kappa shape index (κ1) is 20.7. The Labute approximate surface area is 175 Å². The zero-order valence-corrected chi connectivity index (χ0v) is 17.3. The highest BCUT2D eigenvalue weighted by atomic mass is 35.5. The van der Waals surface area contributed by atoms with Crippen molar-refractivity contribution in [2.24, 2.45) is 0 Å². The van der Waals surface area contributed by atoms with Crippen molar-refractivity contribution in [3.63, 3.8) is 0 Å². The lowest BCUT2D eigenvalue weighted by Gasteiger charge is -2.12. The van der Waals surface area contributed by atoms with E-state index in [1.165, 1.54) is 11.0 Å². The summed E-state index contributed by atoms with van der Waals surface area (Å²) in [5.74, 6) is -0.0403. The van der Waals surface area contributed by atoms with Crippen LogP contribution in [0.2, 0.25) is 5.02 Å². The summed E-state index contributed by atoms with van der Waals surface area (Å²) in [7, 11) is 0. The van der Waals surface area contributed by atoms with E-state index in [1.807, 2.05) is 26.0 Å². The molecule has 1 aliphatic heterocycles. The van der Waals surface area contributed by atoms with Gasteiger partial charge in [0.2, 0.25) is 0 Å². The topological polar surface area (TPSA) is 58.6 Å². The number of halogens is 1. The zero-order valence-electron chi connectivity index (χ0n) is 16.5. The molecule has 0 saturated heterocycles. The first-order valence-electron chi connectivity index (χ1n) is 9.44. The quantitative estimate of drug-likeness (QED) is 0.501. The molecule has 29 heavy (non-hydrogen) atoms. The third-order valence-corrected chi connectivity index (χ3v) is 4.94. The third-order valence-electron chi connectivity index (χ3n) is 4.54. The van der Waals surface area contributed by atoms with E-state index in [9.17, 15) is 9.59 Å². The summed E-state index contributed by atoms with van der Waals surface area (Å²) >= 11 is 6.21. The standard InChI is InChI=1S/C23H23ClN2O3/c1-4-12-26-22(27)20(16-7-10-18(11-8-16)29-13-5-2)21(23(26)28)25-17-9-6-15(3)19(24)14-17/h4,6-11,14,25H,1,5,12-13H2,2-3H3. The van der Waals surface area contributed by atoms with E-state index in [1.54, 1.807) is 30.3 Å². The number of imide groups is 1. The molecule has 6 heteroatoms. The van der Waals surface area contributed by atoms with Crippen LogP contribution in [-0.4, -0.2) is 29.9 Å². The molecular weight excluding hydrogens is 388 g/mol. The van der Waals surface area contributed by atoms with Gasteiger partial charge < -0.3 is 10.1 Å². The Hall–Kier alpha value is -3.05. The monoisotopic (exact) mass is 410 g/mol. The molecule has 0 radical (unpaired) electrons. The van der Waals surface area contributed by atoms with Crippen LogP contribution in [0.25, 0.3) is 5.57 Å². The molecular formula is C23H23ClN2O3. The van der Waals surface area contributed by atoms with Crippen LogP contribution >= 0.6 is 11.6 Å². The minimum atomic E-state index is -0.395. The summed E-state index contributed by atoms with van der Waals surface area (Å²) in [6.07, 6.45) is 2.43. The molecule has 2 aromatic rings. The Morgan fingerprint density at radius 2 is 1.86 bits per heavy atom. The third kappa shape index (κ3) is 4.35. The van der Waals surface area contributed by atoms with Gasteiger partial charge in [0.05, 0.1) is 12.2 Å². The van der Waals surface area contributed by atoms with Crippen molar-refractivity contribution in [3.05, 3.63) is 77.0 Å². The minimum absolute atomic E-state index is 0.138. The maximum Gasteiger partial charge on any atom is 0.278 e.